The van der Waals surface area contributed by atoms with Crippen molar-refractivity contribution in [3.8, 4) is 0 Å². The largest absolute Gasteiger partial charge is 0.726 e. The van der Waals surface area contributed by atoms with E-state index in [0.717, 1.165) is 21.8 Å². The van der Waals surface area contributed by atoms with Crippen LogP contribution in [0.15, 0.2) is 42.5 Å². The van der Waals surface area contributed by atoms with Gasteiger partial charge in [0.25, 0.3) is 5.52 Å². The van der Waals surface area contributed by atoms with Crippen LogP contribution in [0.3, 0.4) is 0 Å². The normalized spacial score (nSPS) is 11.2. The summed E-state index contributed by atoms with van der Waals surface area (Å²) < 4.78 is 32.0. The van der Waals surface area contributed by atoms with Gasteiger partial charge in [-0.3, -0.25) is 4.18 Å². The summed E-state index contributed by atoms with van der Waals surface area (Å²) in [6.45, 7) is 3.83. The molecule has 1 heterocycles. The van der Waals surface area contributed by atoms with Crippen LogP contribution in [0.5, 0.6) is 0 Å². The van der Waals surface area contributed by atoms with E-state index in [9.17, 15) is 13.0 Å². The molecular formula is C16H17ClN2O5S. The average molecular weight is 385 g/mol. The molecule has 0 unspecified atom stereocenters. The van der Waals surface area contributed by atoms with Crippen LogP contribution >= 0.6 is 11.6 Å². The zero-order valence-electron chi connectivity index (χ0n) is 13.7. The van der Waals surface area contributed by atoms with Gasteiger partial charge in [0, 0.05) is 16.5 Å². The predicted octanol–water partition coefficient (Wildman–Crippen LogP) is 2.26. The number of aromatic nitrogens is 2. The molecular weight excluding hydrogens is 368 g/mol. The Morgan fingerprint density at radius 3 is 2.44 bits per heavy atom. The molecule has 0 aliphatic carbocycles. The van der Waals surface area contributed by atoms with Crippen LogP contribution in [0.2, 0.25) is 5.02 Å². The molecule has 0 aliphatic heterocycles. The van der Waals surface area contributed by atoms with Gasteiger partial charge in [-0.05, 0) is 32.0 Å². The summed E-state index contributed by atoms with van der Waals surface area (Å²) >= 11 is 6.08. The lowest BCUT2D eigenvalue weighted by atomic mass is 10.1. The van der Waals surface area contributed by atoms with Crippen molar-refractivity contribution in [1.82, 2.24) is 5.10 Å². The third-order valence-electron chi connectivity index (χ3n) is 3.07. The Morgan fingerprint density at radius 2 is 1.84 bits per heavy atom. The topological polar surface area (TPSA) is 92.4 Å². The fourth-order valence-corrected chi connectivity index (χ4v) is 2.66. The second-order valence-electron chi connectivity index (χ2n) is 4.78. The highest BCUT2D eigenvalue weighted by Crippen LogP contribution is 2.23. The van der Waals surface area contributed by atoms with E-state index in [1.807, 2.05) is 49.4 Å². The van der Waals surface area contributed by atoms with E-state index in [1.165, 1.54) is 6.92 Å². The lowest BCUT2D eigenvalue weighted by molar-refractivity contribution is -0.913. The maximum atomic E-state index is 9.45. The predicted molar refractivity (Wildman–Crippen MR) is 92.9 cm³/mol. The van der Waals surface area contributed by atoms with Crippen LogP contribution in [0, 0.1) is 0 Å². The highest BCUT2D eigenvalue weighted by atomic mass is 35.5. The van der Waals surface area contributed by atoms with E-state index in [0.29, 0.717) is 11.6 Å². The van der Waals surface area contributed by atoms with Crippen molar-refractivity contribution in [3.63, 3.8) is 0 Å². The molecule has 0 bridgehead atoms. The Labute approximate surface area is 150 Å². The van der Waals surface area contributed by atoms with Crippen molar-refractivity contribution < 1.29 is 26.8 Å². The van der Waals surface area contributed by atoms with Crippen molar-refractivity contribution in [2.75, 3.05) is 13.2 Å². The Bertz CT molecular complexity index is 979. The first-order valence-corrected chi connectivity index (χ1v) is 9.20. The Balaban J connectivity index is 0.000000277. The summed E-state index contributed by atoms with van der Waals surface area (Å²) in [6, 6.07) is 13.7. The first-order valence-electron chi connectivity index (χ1n) is 7.49. The smallest absolute Gasteiger partial charge is 0.297 e. The number of rotatable bonds is 4. The fraction of sp³-hybridized carbons (Fsp3) is 0.250. The van der Waals surface area contributed by atoms with Crippen molar-refractivity contribution >= 4 is 43.8 Å². The molecule has 9 heteroatoms. The van der Waals surface area contributed by atoms with E-state index in [2.05, 4.69) is 9.28 Å². The van der Waals surface area contributed by atoms with Gasteiger partial charge in [-0.2, -0.15) is 0 Å². The van der Waals surface area contributed by atoms with Crippen molar-refractivity contribution in [2.24, 2.45) is 0 Å². The number of hydrogen-bond donors (Lipinski definition) is 0. The summed E-state index contributed by atoms with van der Waals surface area (Å²) in [4.78, 5) is 7.09. The zero-order valence-corrected chi connectivity index (χ0v) is 15.2. The third-order valence-corrected chi connectivity index (χ3v) is 3.83. The Hall–Kier alpha value is -2.00. The molecule has 134 valence electrons. The van der Waals surface area contributed by atoms with Gasteiger partial charge in [0.15, 0.2) is 6.61 Å². The number of nitrogens with zero attached hydrogens (tertiary/aromatic N) is 2. The van der Waals surface area contributed by atoms with Crippen LogP contribution in [0.4, 0.5) is 0 Å². The molecule has 0 N–H and O–H groups in total. The molecule has 0 amide bonds. The van der Waals surface area contributed by atoms with Crippen LogP contribution in [-0.4, -0.2) is 31.3 Å². The van der Waals surface area contributed by atoms with Gasteiger partial charge in [0.1, 0.15) is 10.4 Å². The summed E-state index contributed by atoms with van der Waals surface area (Å²) in [6.07, 6.45) is 0. The van der Waals surface area contributed by atoms with E-state index in [1.54, 1.807) is 4.85 Å². The van der Waals surface area contributed by atoms with Crippen molar-refractivity contribution in [1.29, 1.82) is 0 Å². The van der Waals surface area contributed by atoms with Crippen molar-refractivity contribution in [2.45, 2.75) is 13.8 Å². The quantitative estimate of drug-likeness (QED) is 0.296. The average Bonchev–Trinajstić information content (AvgIpc) is 2.54. The van der Waals surface area contributed by atoms with Gasteiger partial charge in [0.05, 0.1) is 17.1 Å². The second-order valence-corrected chi connectivity index (χ2v) is 6.27. The molecule has 0 radical (unpaired) electrons. The highest BCUT2D eigenvalue weighted by molar-refractivity contribution is 7.80. The molecule has 0 aliphatic rings. The Morgan fingerprint density at radius 1 is 1.12 bits per heavy atom. The van der Waals surface area contributed by atoms with Crippen LogP contribution in [-0.2, 0) is 14.6 Å². The number of halogens is 1. The van der Waals surface area contributed by atoms with Gasteiger partial charge in [-0.1, -0.05) is 29.8 Å². The summed E-state index contributed by atoms with van der Waals surface area (Å²) in [5.41, 5.74) is 1.81. The molecule has 25 heavy (non-hydrogen) atoms. The van der Waals surface area contributed by atoms with Crippen LogP contribution in [0.1, 0.15) is 13.8 Å². The standard InChI is InChI=1S/C14H12ClN2O.C2H6O4S/c1-2-18-17-14-8-7-10(15)9-12(14)11-5-3-4-6-13(11)16-17;1-2-6-7(3,4)5/h3-9H,2H2,1H3;2H2,1H3,(H,3,4,5)/q+1;/p-1. The third kappa shape index (κ3) is 5.23. The van der Waals surface area contributed by atoms with Gasteiger partial charge >= 0.3 is 0 Å². The van der Waals surface area contributed by atoms with E-state index in [-0.39, 0.29) is 6.61 Å². The second kappa shape index (κ2) is 8.39. The molecule has 0 fully saturated rings. The first kappa shape index (κ1) is 19.3. The Kier molecular flexibility index (Phi) is 6.49. The lowest BCUT2D eigenvalue weighted by Gasteiger charge is -2.02. The highest BCUT2D eigenvalue weighted by Gasteiger charge is 2.16. The number of benzene rings is 2. The van der Waals surface area contributed by atoms with Gasteiger partial charge in [0.2, 0.25) is 10.4 Å². The minimum Gasteiger partial charge on any atom is -0.726 e. The van der Waals surface area contributed by atoms with Crippen molar-refractivity contribution in [3.05, 3.63) is 47.5 Å². The first-order chi connectivity index (χ1) is 11.9. The van der Waals surface area contributed by atoms with E-state index < -0.39 is 10.4 Å². The van der Waals surface area contributed by atoms with Gasteiger partial charge in [-0.25, -0.2) is 13.3 Å². The molecule has 2 aromatic carbocycles. The molecule has 3 rings (SSSR count). The minimum atomic E-state index is -4.42. The zero-order chi connectivity index (χ0) is 18.4. The summed E-state index contributed by atoms with van der Waals surface area (Å²) in [7, 11) is -4.42. The molecule has 3 aromatic rings. The van der Waals surface area contributed by atoms with E-state index >= 15 is 0 Å². The SMILES string of the molecule is CCOS(=O)(=O)[O-].CCO[n+]1nc2ccccc2c2cc(Cl)ccc21. The summed E-state index contributed by atoms with van der Waals surface area (Å²) in [5.74, 6) is 0. The monoisotopic (exact) mass is 384 g/mol. The molecule has 0 saturated heterocycles. The number of fused-ring (bicyclic) bond motifs is 3. The number of hydrogen-bond acceptors (Lipinski definition) is 6. The molecule has 0 atom stereocenters. The molecule has 7 nitrogen and oxygen atoms in total. The minimum absolute atomic E-state index is 0.0914. The van der Waals surface area contributed by atoms with E-state index in [4.69, 9.17) is 16.4 Å². The van der Waals surface area contributed by atoms with Crippen LogP contribution in [0.25, 0.3) is 21.8 Å². The van der Waals surface area contributed by atoms with Gasteiger partial charge < -0.3 is 4.55 Å². The summed E-state index contributed by atoms with van der Waals surface area (Å²) in [5, 5.41) is 7.30. The van der Waals surface area contributed by atoms with Crippen LogP contribution < -0.4 is 9.68 Å². The maximum Gasteiger partial charge on any atom is 0.297 e. The van der Waals surface area contributed by atoms with Gasteiger partial charge in [-0.15, -0.1) is 0 Å². The fourth-order valence-electron chi connectivity index (χ4n) is 2.20. The molecule has 0 spiro atoms. The maximum absolute atomic E-state index is 9.45. The molecule has 1 aromatic heterocycles. The molecule has 0 saturated carbocycles. The lowest BCUT2D eigenvalue weighted by Crippen LogP contribution is -2.46.